The molecule has 2 rings (SSSR count). The summed E-state index contributed by atoms with van der Waals surface area (Å²) in [6, 6.07) is 0.781. The van der Waals surface area contributed by atoms with Gasteiger partial charge >= 0.3 is 0 Å². The fraction of sp³-hybridized carbons (Fsp3) is 0.769. The molecule has 2 nitrogen and oxygen atoms in total. The second-order valence-electron chi connectivity index (χ2n) is 4.81. The summed E-state index contributed by atoms with van der Waals surface area (Å²) in [6.07, 6.45) is 6.97. The van der Waals surface area contributed by atoms with Crippen LogP contribution in [0.15, 0.2) is 5.38 Å². The Labute approximate surface area is 117 Å². The Morgan fingerprint density at radius 2 is 2.18 bits per heavy atom. The smallest absolute Gasteiger partial charge is 0.0897 e. The molecule has 1 heterocycles. The van der Waals surface area contributed by atoms with E-state index >= 15 is 0 Å². The lowest BCUT2D eigenvalue weighted by Crippen LogP contribution is -2.37. The largest absolute Gasteiger partial charge is 0.294 e. The van der Waals surface area contributed by atoms with Crippen molar-refractivity contribution in [1.82, 2.24) is 9.88 Å². The summed E-state index contributed by atoms with van der Waals surface area (Å²) in [7, 11) is 0. The zero-order valence-corrected chi connectivity index (χ0v) is 12.9. The molecule has 0 amide bonds. The van der Waals surface area contributed by atoms with Crippen LogP contribution in [0.2, 0.25) is 0 Å². The lowest BCUT2D eigenvalue weighted by Gasteiger charge is -2.33. The van der Waals surface area contributed by atoms with Crippen molar-refractivity contribution in [3.63, 3.8) is 0 Å². The zero-order valence-electron chi connectivity index (χ0n) is 10.5. The summed E-state index contributed by atoms with van der Waals surface area (Å²) in [4.78, 5) is 7.20. The normalized spacial score (nSPS) is 17.8. The lowest BCUT2D eigenvalue weighted by molar-refractivity contribution is 0.156. The van der Waals surface area contributed by atoms with Gasteiger partial charge in [-0.25, -0.2) is 4.98 Å². The molecule has 0 unspecified atom stereocenters. The molecular weight excluding hydrogens is 296 g/mol. The van der Waals surface area contributed by atoms with E-state index in [4.69, 9.17) is 0 Å². The molecule has 0 aromatic carbocycles. The third kappa shape index (κ3) is 4.04. The Morgan fingerprint density at radius 3 is 2.76 bits per heavy atom. The molecular formula is C13H21BrN2S. The minimum atomic E-state index is 0.781. The topological polar surface area (TPSA) is 16.1 Å². The molecule has 1 fully saturated rings. The van der Waals surface area contributed by atoms with Crippen LogP contribution in [0.5, 0.6) is 0 Å². The SMILES string of the molecule is Cc1nc(CN(CCBr)C2CCCCC2)cs1. The van der Waals surface area contributed by atoms with Crippen molar-refractivity contribution < 1.29 is 0 Å². The van der Waals surface area contributed by atoms with Gasteiger partial charge in [0.15, 0.2) is 0 Å². The van der Waals surface area contributed by atoms with Crippen LogP contribution >= 0.6 is 27.3 Å². The minimum absolute atomic E-state index is 0.781. The van der Waals surface area contributed by atoms with Gasteiger partial charge in [0.1, 0.15) is 0 Å². The van der Waals surface area contributed by atoms with Gasteiger partial charge in [-0.05, 0) is 19.8 Å². The van der Waals surface area contributed by atoms with Crippen LogP contribution in [0.25, 0.3) is 0 Å². The van der Waals surface area contributed by atoms with Gasteiger partial charge in [0.25, 0.3) is 0 Å². The number of aryl methyl sites for hydroxylation is 1. The minimum Gasteiger partial charge on any atom is -0.294 e. The molecule has 0 spiro atoms. The summed E-state index contributed by atoms with van der Waals surface area (Å²) in [5.74, 6) is 0. The molecule has 96 valence electrons. The third-order valence-corrected chi connectivity index (χ3v) is 4.67. The van der Waals surface area contributed by atoms with Gasteiger partial charge in [-0.15, -0.1) is 11.3 Å². The summed E-state index contributed by atoms with van der Waals surface area (Å²) < 4.78 is 0. The van der Waals surface area contributed by atoms with Crippen LogP contribution in [-0.2, 0) is 6.54 Å². The maximum atomic E-state index is 4.59. The molecule has 0 N–H and O–H groups in total. The molecule has 1 aromatic rings. The first kappa shape index (κ1) is 13.5. The average Bonchev–Trinajstić information content (AvgIpc) is 2.75. The fourth-order valence-electron chi connectivity index (χ4n) is 2.63. The monoisotopic (exact) mass is 316 g/mol. The molecule has 17 heavy (non-hydrogen) atoms. The number of thiazole rings is 1. The molecule has 1 aromatic heterocycles. The van der Waals surface area contributed by atoms with Crippen LogP contribution in [0, 0.1) is 6.92 Å². The third-order valence-electron chi connectivity index (χ3n) is 3.49. The van der Waals surface area contributed by atoms with E-state index in [9.17, 15) is 0 Å². The van der Waals surface area contributed by atoms with Crippen LogP contribution < -0.4 is 0 Å². The zero-order chi connectivity index (χ0) is 12.1. The predicted molar refractivity (Wildman–Crippen MR) is 77.9 cm³/mol. The van der Waals surface area contributed by atoms with E-state index in [-0.39, 0.29) is 0 Å². The molecule has 1 aliphatic rings. The highest BCUT2D eigenvalue weighted by atomic mass is 79.9. The summed E-state index contributed by atoms with van der Waals surface area (Å²) in [6.45, 7) is 4.26. The van der Waals surface area contributed by atoms with Crippen molar-refractivity contribution in [2.45, 2.75) is 51.6 Å². The predicted octanol–water partition coefficient (Wildman–Crippen LogP) is 3.98. The van der Waals surface area contributed by atoms with Gasteiger partial charge in [-0.1, -0.05) is 35.2 Å². The molecule has 1 aliphatic carbocycles. The van der Waals surface area contributed by atoms with E-state index in [1.165, 1.54) is 42.8 Å². The van der Waals surface area contributed by atoms with E-state index in [0.717, 1.165) is 24.5 Å². The van der Waals surface area contributed by atoms with Gasteiger partial charge in [0.2, 0.25) is 0 Å². The number of hydrogen-bond acceptors (Lipinski definition) is 3. The van der Waals surface area contributed by atoms with Gasteiger partial charge in [-0.2, -0.15) is 0 Å². The number of aromatic nitrogens is 1. The van der Waals surface area contributed by atoms with E-state index in [2.05, 4.69) is 38.1 Å². The Kier molecular flexibility index (Phi) is 5.45. The number of hydrogen-bond donors (Lipinski definition) is 0. The number of nitrogens with zero attached hydrogens (tertiary/aromatic N) is 2. The maximum absolute atomic E-state index is 4.59. The van der Waals surface area contributed by atoms with Gasteiger partial charge in [0, 0.05) is 29.8 Å². The highest BCUT2D eigenvalue weighted by Crippen LogP contribution is 2.24. The van der Waals surface area contributed by atoms with E-state index in [0.29, 0.717) is 0 Å². The molecule has 4 heteroatoms. The second-order valence-corrected chi connectivity index (χ2v) is 6.66. The Hall–Kier alpha value is 0.0700. The fourth-order valence-corrected chi connectivity index (χ4v) is 3.69. The number of rotatable bonds is 5. The highest BCUT2D eigenvalue weighted by molar-refractivity contribution is 9.09. The van der Waals surface area contributed by atoms with Crippen molar-refractivity contribution in [2.75, 3.05) is 11.9 Å². The van der Waals surface area contributed by atoms with Gasteiger partial charge < -0.3 is 0 Å². The molecule has 0 radical (unpaired) electrons. The standard InChI is InChI=1S/C13H21BrN2S/c1-11-15-12(10-17-11)9-16(8-7-14)13-5-3-2-4-6-13/h10,13H,2-9H2,1H3. The van der Waals surface area contributed by atoms with E-state index < -0.39 is 0 Å². The second kappa shape index (κ2) is 6.86. The molecule has 0 bridgehead atoms. The van der Waals surface area contributed by atoms with Crippen molar-refractivity contribution in [3.8, 4) is 0 Å². The summed E-state index contributed by atoms with van der Waals surface area (Å²) >= 11 is 5.34. The maximum Gasteiger partial charge on any atom is 0.0897 e. The van der Waals surface area contributed by atoms with E-state index in [1.54, 1.807) is 11.3 Å². The van der Waals surface area contributed by atoms with Crippen molar-refractivity contribution >= 4 is 27.3 Å². The summed E-state index contributed by atoms with van der Waals surface area (Å²) in [5, 5.41) is 4.45. The van der Waals surface area contributed by atoms with Crippen LogP contribution in [0.3, 0.4) is 0 Å². The van der Waals surface area contributed by atoms with Crippen LogP contribution in [0.4, 0.5) is 0 Å². The van der Waals surface area contributed by atoms with Gasteiger partial charge in [0.05, 0.1) is 10.7 Å². The van der Waals surface area contributed by atoms with Gasteiger partial charge in [-0.3, -0.25) is 4.90 Å². The molecule has 1 saturated carbocycles. The van der Waals surface area contributed by atoms with Crippen LogP contribution in [-0.4, -0.2) is 27.8 Å². The lowest BCUT2D eigenvalue weighted by atomic mass is 9.94. The van der Waals surface area contributed by atoms with E-state index in [1.807, 2.05) is 0 Å². The molecule has 0 saturated heterocycles. The van der Waals surface area contributed by atoms with Crippen molar-refractivity contribution in [2.24, 2.45) is 0 Å². The molecule has 0 atom stereocenters. The first-order valence-electron chi connectivity index (χ1n) is 6.50. The van der Waals surface area contributed by atoms with Crippen LogP contribution in [0.1, 0.15) is 42.8 Å². The Balaban J connectivity index is 1.95. The van der Waals surface area contributed by atoms with Crippen molar-refractivity contribution in [3.05, 3.63) is 16.1 Å². The Bertz CT molecular complexity index is 334. The number of alkyl halides is 1. The first-order chi connectivity index (χ1) is 8.29. The summed E-state index contributed by atoms with van der Waals surface area (Å²) in [5.41, 5.74) is 1.25. The Morgan fingerprint density at radius 1 is 1.41 bits per heavy atom. The van der Waals surface area contributed by atoms with Crippen molar-refractivity contribution in [1.29, 1.82) is 0 Å². The quantitative estimate of drug-likeness (QED) is 0.764. The molecule has 0 aliphatic heterocycles. The highest BCUT2D eigenvalue weighted by Gasteiger charge is 2.21. The average molecular weight is 317 g/mol. The first-order valence-corrected chi connectivity index (χ1v) is 8.50. The number of halogens is 1.